The lowest BCUT2D eigenvalue weighted by molar-refractivity contribution is -0.156. The van der Waals surface area contributed by atoms with Gasteiger partial charge in [-0.05, 0) is 38.3 Å². The van der Waals surface area contributed by atoms with Crippen LogP contribution in [0.15, 0.2) is 29.2 Å². The zero-order valence-electron chi connectivity index (χ0n) is 15.1. The molecule has 9 heteroatoms. The van der Waals surface area contributed by atoms with Crippen LogP contribution in [0.3, 0.4) is 0 Å². The third-order valence-electron chi connectivity index (χ3n) is 4.82. The number of ether oxygens (including phenoxy) is 1. The summed E-state index contributed by atoms with van der Waals surface area (Å²) in [5, 5.41) is 0. The van der Waals surface area contributed by atoms with Crippen molar-refractivity contribution in [3.05, 3.63) is 29.8 Å². The molecular weight excluding hydrogens is 372 g/mol. The monoisotopic (exact) mass is 394 g/mol. The zero-order valence-corrected chi connectivity index (χ0v) is 15.9. The van der Waals surface area contributed by atoms with Gasteiger partial charge in [0.15, 0.2) is 6.61 Å². The largest absolute Gasteiger partial charge is 0.454 e. The summed E-state index contributed by atoms with van der Waals surface area (Å²) >= 11 is 0. The summed E-state index contributed by atoms with van der Waals surface area (Å²) in [6.07, 6.45) is 1.78. The molecule has 0 unspecified atom stereocenters. The van der Waals surface area contributed by atoms with Crippen molar-refractivity contribution < 1.29 is 27.5 Å². The summed E-state index contributed by atoms with van der Waals surface area (Å²) in [5.41, 5.74) is 0.932. The summed E-state index contributed by atoms with van der Waals surface area (Å²) in [4.78, 5) is 37.2. The van der Waals surface area contributed by atoms with Crippen LogP contribution < -0.4 is 0 Å². The van der Waals surface area contributed by atoms with Crippen LogP contribution in [0.1, 0.15) is 31.2 Å². The second kappa shape index (κ2) is 7.77. The van der Waals surface area contributed by atoms with Gasteiger partial charge in [0.2, 0.25) is 15.9 Å². The SMILES string of the molecule is Cc1ccc(S(=O)(=O)N2CCC[C@H]2C(=O)OCC(=O)N2CCCC2=O)cc1. The fraction of sp³-hybridized carbons (Fsp3) is 0.500. The molecule has 0 spiro atoms. The molecule has 1 atom stereocenters. The Morgan fingerprint density at radius 2 is 1.85 bits per heavy atom. The van der Waals surface area contributed by atoms with Gasteiger partial charge >= 0.3 is 5.97 Å². The van der Waals surface area contributed by atoms with Crippen molar-refractivity contribution in [3.63, 3.8) is 0 Å². The third-order valence-corrected chi connectivity index (χ3v) is 6.74. The Balaban J connectivity index is 1.66. The number of nitrogens with zero attached hydrogens (tertiary/aromatic N) is 2. The lowest BCUT2D eigenvalue weighted by atomic mass is 10.2. The number of benzene rings is 1. The maximum Gasteiger partial charge on any atom is 0.324 e. The van der Waals surface area contributed by atoms with Gasteiger partial charge in [-0.1, -0.05) is 17.7 Å². The number of carbonyl (C=O) groups excluding carboxylic acids is 3. The number of amides is 2. The molecule has 1 aromatic carbocycles. The normalized spacial score (nSPS) is 20.9. The molecule has 0 N–H and O–H groups in total. The van der Waals surface area contributed by atoms with E-state index in [9.17, 15) is 22.8 Å². The van der Waals surface area contributed by atoms with Crippen LogP contribution >= 0.6 is 0 Å². The van der Waals surface area contributed by atoms with Crippen LogP contribution in [-0.2, 0) is 29.1 Å². The summed E-state index contributed by atoms with van der Waals surface area (Å²) in [6.45, 7) is 1.84. The number of aryl methyl sites for hydroxylation is 1. The number of imide groups is 1. The molecule has 2 aliphatic heterocycles. The minimum atomic E-state index is -3.83. The van der Waals surface area contributed by atoms with Crippen LogP contribution in [0, 0.1) is 6.92 Å². The Morgan fingerprint density at radius 3 is 2.48 bits per heavy atom. The predicted octanol–water partition coefficient (Wildman–Crippen LogP) is 0.840. The molecule has 2 heterocycles. The molecule has 0 aliphatic carbocycles. The van der Waals surface area contributed by atoms with Crippen molar-refractivity contribution in [1.82, 2.24) is 9.21 Å². The highest BCUT2D eigenvalue weighted by Crippen LogP contribution is 2.27. The molecule has 146 valence electrons. The van der Waals surface area contributed by atoms with Crippen LogP contribution in [-0.4, -0.2) is 61.1 Å². The van der Waals surface area contributed by atoms with Gasteiger partial charge in [0.05, 0.1) is 4.90 Å². The molecule has 0 saturated carbocycles. The van der Waals surface area contributed by atoms with Crippen molar-refractivity contribution in [2.75, 3.05) is 19.7 Å². The fourth-order valence-electron chi connectivity index (χ4n) is 3.33. The fourth-order valence-corrected chi connectivity index (χ4v) is 4.97. The second-order valence-corrected chi connectivity index (χ2v) is 8.63. The minimum absolute atomic E-state index is 0.117. The Hall–Kier alpha value is -2.26. The molecule has 2 saturated heterocycles. The van der Waals surface area contributed by atoms with E-state index in [1.165, 1.54) is 12.1 Å². The first kappa shape index (κ1) is 19.5. The molecule has 2 aliphatic rings. The minimum Gasteiger partial charge on any atom is -0.454 e. The van der Waals surface area contributed by atoms with Crippen LogP contribution in [0.2, 0.25) is 0 Å². The first-order chi connectivity index (χ1) is 12.8. The second-order valence-electron chi connectivity index (χ2n) is 6.74. The Bertz CT molecular complexity index is 849. The molecule has 2 amide bonds. The zero-order chi connectivity index (χ0) is 19.6. The number of hydrogen-bond donors (Lipinski definition) is 0. The van der Waals surface area contributed by atoms with Crippen molar-refractivity contribution in [2.24, 2.45) is 0 Å². The van der Waals surface area contributed by atoms with Crippen molar-refractivity contribution in [2.45, 2.75) is 43.5 Å². The topological polar surface area (TPSA) is 101 Å². The van der Waals surface area contributed by atoms with E-state index < -0.39 is 34.5 Å². The van der Waals surface area contributed by atoms with E-state index in [-0.39, 0.29) is 17.3 Å². The number of rotatable bonds is 5. The lowest BCUT2D eigenvalue weighted by Crippen LogP contribution is -2.43. The summed E-state index contributed by atoms with van der Waals surface area (Å²) < 4.78 is 31.9. The standard InChI is InChI=1S/C18H22N2O6S/c1-13-6-8-14(9-7-13)27(24,25)20-11-2-4-15(20)18(23)26-12-17(22)19-10-3-5-16(19)21/h6-9,15H,2-5,10-12H2,1H3/t15-/m0/s1. The Morgan fingerprint density at radius 1 is 1.15 bits per heavy atom. The number of hydrogen-bond acceptors (Lipinski definition) is 6. The van der Waals surface area contributed by atoms with Gasteiger partial charge in [0, 0.05) is 19.5 Å². The molecule has 3 rings (SSSR count). The van der Waals surface area contributed by atoms with Gasteiger partial charge in [-0.2, -0.15) is 4.31 Å². The van der Waals surface area contributed by atoms with Gasteiger partial charge in [-0.25, -0.2) is 8.42 Å². The average molecular weight is 394 g/mol. The van der Waals surface area contributed by atoms with E-state index in [2.05, 4.69) is 0 Å². The molecular formula is C18H22N2O6S. The molecule has 0 aromatic heterocycles. The van der Waals surface area contributed by atoms with Crippen LogP contribution in [0.5, 0.6) is 0 Å². The van der Waals surface area contributed by atoms with Gasteiger partial charge in [-0.3, -0.25) is 19.3 Å². The highest BCUT2D eigenvalue weighted by atomic mass is 32.2. The van der Waals surface area contributed by atoms with E-state index in [0.717, 1.165) is 14.8 Å². The number of esters is 1. The lowest BCUT2D eigenvalue weighted by Gasteiger charge is -2.23. The summed E-state index contributed by atoms with van der Waals surface area (Å²) in [5.74, 6) is -1.61. The van der Waals surface area contributed by atoms with Crippen molar-refractivity contribution >= 4 is 27.8 Å². The first-order valence-corrected chi connectivity index (χ1v) is 10.3. The van der Waals surface area contributed by atoms with Gasteiger partial charge in [0.25, 0.3) is 5.91 Å². The van der Waals surface area contributed by atoms with Crippen molar-refractivity contribution in [3.8, 4) is 0 Å². The van der Waals surface area contributed by atoms with Crippen LogP contribution in [0.25, 0.3) is 0 Å². The summed E-state index contributed by atoms with van der Waals surface area (Å²) in [6, 6.07) is 5.45. The number of carbonyl (C=O) groups is 3. The van der Waals surface area contributed by atoms with Gasteiger partial charge < -0.3 is 4.74 Å². The highest BCUT2D eigenvalue weighted by molar-refractivity contribution is 7.89. The maximum absolute atomic E-state index is 12.8. The smallest absolute Gasteiger partial charge is 0.324 e. The van der Waals surface area contributed by atoms with E-state index in [1.54, 1.807) is 12.1 Å². The maximum atomic E-state index is 12.8. The Labute approximate surface area is 158 Å². The van der Waals surface area contributed by atoms with Gasteiger partial charge in [-0.15, -0.1) is 0 Å². The molecule has 8 nitrogen and oxygen atoms in total. The van der Waals surface area contributed by atoms with E-state index >= 15 is 0 Å². The average Bonchev–Trinajstić information content (AvgIpc) is 3.29. The van der Waals surface area contributed by atoms with E-state index in [0.29, 0.717) is 32.2 Å². The first-order valence-electron chi connectivity index (χ1n) is 8.89. The predicted molar refractivity (Wildman–Crippen MR) is 95.0 cm³/mol. The molecule has 2 fully saturated rings. The van der Waals surface area contributed by atoms with Gasteiger partial charge in [0.1, 0.15) is 6.04 Å². The van der Waals surface area contributed by atoms with E-state index in [1.807, 2.05) is 6.92 Å². The molecule has 27 heavy (non-hydrogen) atoms. The number of sulfonamides is 1. The quantitative estimate of drug-likeness (QED) is 0.686. The molecule has 1 aromatic rings. The van der Waals surface area contributed by atoms with E-state index in [4.69, 9.17) is 4.74 Å². The molecule has 0 radical (unpaired) electrons. The summed E-state index contributed by atoms with van der Waals surface area (Å²) in [7, 11) is -3.83. The van der Waals surface area contributed by atoms with Crippen LogP contribution in [0.4, 0.5) is 0 Å². The Kier molecular flexibility index (Phi) is 5.61. The number of likely N-dealkylation sites (tertiary alicyclic amines) is 1. The molecule has 0 bridgehead atoms. The third kappa shape index (κ3) is 4.03. The van der Waals surface area contributed by atoms with Crippen molar-refractivity contribution in [1.29, 1.82) is 0 Å². The highest BCUT2D eigenvalue weighted by Gasteiger charge is 2.40.